The molecule has 1 atom stereocenters. The molecule has 5 heteroatoms. The number of carbonyl (C=O) groups is 2. The fourth-order valence-electron chi connectivity index (χ4n) is 1.77. The van der Waals surface area contributed by atoms with E-state index < -0.39 is 12.1 Å². The molecule has 0 saturated heterocycles. The van der Waals surface area contributed by atoms with Gasteiger partial charge in [0.1, 0.15) is 0 Å². The third-order valence-corrected chi connectivity index (χ3v) is 3.68. The molecule has 0 aromatic heterocycles. The second-order valence-electron chi connectivity index (χ2n) is 4.40. The number of carbonyl (C=O) groups excluding carboxylic acids is 2. The molecule has 0 spiro atoms. The van der Waals surface area contributed by atoms with E-state index in [0.717, 1.165) is 0 Å². The van der Waals surface area contributed by atoms with E-state index in [9.17, 15) is 9.59 Å². The molecule has 21 heavy (non-hydrogen) atoms. The lowest BCUT2D eigenvalue weighted by Crippen LogP contribution is -2.24. The van der Waals surface area contributed by atoms with Gasteiger partial charge in [-0.3, -0.25) is 4.79 Å². The molecule has 1 unspecified atom stereocenters. The van der Waals surface area contributed by atoms with Gasteiger partial charge >= 0.3 is 5.97 Å². The molecule has 0 fully saturated rings. The Kier molecular flexibility index (Phi) is 5.15. The number of halogens is 2. The molecule has 0 aliphatic carbocycles. The van der Waals surface area contributed by atoms with Crippen LogP contribution < -0.4 is 0 Å². The van der Waals surface area contributed by atoms with Crippen LogP contribution in [0.1, 0.15) is 27.6 Å². The van der Waals surface area contributed by atoms with Gasteiger partial charge in [0, 0.05) is 10.0 Å². The summed E-state index contributed by atoms with van der Waals surface area (Å²) in [5.74, 6) is -0.881. The van der Waals surface area contributed by atoms with E-state index in [0.29, 0.717) is 10.0 Å². The number of hydrogen-bond donors (Lipinski definition) is 0. The van der Waals surface area contributed by atoms with Crippen LogP contribution in [0.15, 0.2) is 53.0 Å². The zero-order valence-corrected chi connectivity index (χ0v) is 13.5. The molecule has 2 aromatic carbocycles. The van der Waals surface area contributed by atoms with Gasteiger partial charge in [-0.05, 0) is 25.1 Å². The predicted octanol–water partition coefficient (Wildman–Crippen LogP) is 4.53. The number of benzene rings is 2. The third kappa shape index (κ3) is 3.93. The summed E-state index contributed by atoms with van der Waals surface area (Å²) >= 11 is 9.23. The van der Waals surface area contributed by atoms with Crippen LogP contribution in [-0.4, -0.2) is 17.9 Å². The Morgan fingerprint density at radius 3 is 2.48 bits per heavy atom. The quantitative estimate of drug-likeness (QED) is 0.589. The Hall–Kier alpha value is -1.65. The number of hydrogen-bond acceptors (Lipinski definition) is 3. The molecule has 0 heterocycles. The van der Waals surface area contributed by atoms with Crippen LogP contribution in [-0.2, 0) is 4.74 Å². The maximum Gasteiger partial charge on any atom is 0.340 e. The van der Waals surface area contributed by atoms with Crippen LogP contribution in [0.5, 0.6) is 0 Å². The van der Waals surface area contributed by atoms with Crippen molar-refractivity contribution in [2.45, 2.75) is 13.0 Å². The Morgan fingerprint density at radius 2 is 1.81 bits per heavy atom. The van der Waals surface area contributed by atoms with Crippen molar-refractivity contribution in [1.29, 1.82) is 0 Å². The van der Waals surface area contributed by atoms with Crippen LogP contribution in [0.4, 0.5) is 0 Å². The molecule has 0 N–H and O–H groups in total. The Labute approximate surface area is 136 Å². The second kappa shape index (κ2) is 6.87. The molecule has 108 valence electrons. The highest BCUT2D eigenvalue weighted by molar-refractivity contribution is 9.10. The number of esters is 1. The fraction of sp³-hybridized carbons (Fsp3) is 0.125. The van der Waals surface area contributed by atoms with Crippen molar-refractivity contribution >= 4 is 39.3 Å². The van der Waals surface area contributed by atoms with Crippen molar-refractivity contribution in [1.82, 2.24) is 0 Å². The first-order chi connectivity index (χ1) is 9.99. The summed E-state index contributed by atoms with van der Waals surface area (Å²) in [6.45, 7) is 1.54. The summed E-state index contributed by atoms with van der Waals surface area (Å²) < 4.78 is 5.90. The highest BCUT2D eigenvalue weighted by Crippen LogP contribution is 2.22. The molecule has 0 aliphatic rings. The van der Waals surface area contributed by atoms with Gasteiger partial charge in [0.25, 0.3) is 0 Å². The minimum atomic E-state index is -0.880. The summed E-state index contributed by atoms with van der Waals surface area (Å²) in [6, 6.07) is 13.6. The molecule has 0 radical (unpaired) electrons. The van der Waals surface area contributed by atoms with Gasteiger partial charge < -0.3 is 4.74 Å². The lowest BCUT2D eigenvalue weighted by atomic mass is 10.1. The first kappa shape index (κ1) is 15.7. The van der Waals surface area contributed by atoms with E-state index in [4.69, 9.17) is 16.3 Å². The van der Waals surface area contributed by atoms with Gasteiger partial charge in [0.15, 0.2) is 6.10 Å². The number of Topliss-reactive ketones (excluding diaryl/α,β-unsaturated/α-hetero) is 1. The molecule has 3 nitrogen and oxygen atoms in total. The number of rotatable bonds is 4. The number of ether oxygens (including phenoxy) is 1. The van der Waals surface area contributed by atoms with E-state index >= 15 is 0 Å². The highest BCUT2D eigenvalue weighted by atomic mass is 79.9. The van der Waals surface area contributed by atoms with Crippen molar-refractivity contribution in [3.05, 3.63) is 69.2 Å². The molecule has 2 aromatic rings. The van der Waals surface area contributed by atoms with E-state index in [1.54, 1.807) is 49.4 Å². The van der Waals surface area contributed by atoms with E-state index in [1.165, 1.54) is 0 Å². The monoisotopic (exact) mass is 366 g/mol. The largest absolute Gasteiger partial charge is 0.451 e. The van der Waals surface area contributed by atoms with Gasteiger partial charge in [-0.15, -0.1) is 0 Å². The maximum atomic E-state index is 12.1. The van der Waals surface area contributed by atoms with Crippen LogP contribution in [0.25, 0.3) is 0 Å². The lowest BCUT2D eigenvalue weighted by Gasteiger charge is -2.13. The van der Waals surface area contributed by atoms with Gasteiger partial charge in [-0.25, -0.2) is 4.79 Å². The van der Waals surface area contributed by atoms with Crippen molar-refractivity contribution in [2.75, 3.05) is 0 Å². The summed E-state index contributed by atoms with van der Waals surface area (Å²) in [6.07, 6.45) is -0.880. The molecular weight excluding hydrogens is 356 g/mol. The smallest absolute Gasteiger partial charge is 0.340 e. The van der Waals surface area contributed by atoms with Crippen molar-refractivity contribution in [3.63, 3.8) is 0 Å². The van der Waals surface area contributed by atoms with E-state index in [2.05, 4.69) is 15.9 Å². The van der Waals surface area contributed by atoms with E-state index in [1.807, 2.05) is 6.07 Å². The molecule has 0 saturated carbocycles. The molecule has 2 rings (SSSR count). The normalized spacial score (nSPS) is 11.8. The minimum absolute atomic E-state index is 0.221. The topological polar surface area (TPSA) is 43.4 Å². The van der Waals surface area contributed by atoms with Crippen LogP contribution >= 0.6 is 27.5 Å². The zero-order valence-electron chi connectivity index (χ0n) is 11.2. The lowest BCUT2D eigenvalue weighted by molar-refractivity contribution is 0.0319. The van der Waals surface area contributed by atoms with E-state index in [-0.39, 0.29) is 16.4 Å². The Morgan fingerprint density at radius 1 is 1.14 bits per heavy atom. The summed E-state index contributed by atoms with van der Waals surface area (Å²) in [5.41, 5.74) is 0.719. The second-order valence-corrected chi connectivity index (χ2v) is 5.72. The average molecular weight is 368 g/mol. The van der Waals surface area contributed by atoms with Gasteiger partial charge in [-0.1, -0.05) is 57.9 Å². The molecule has 0 aliphatic heterocycles. The van der Waals surface area contributed by atoms with Crippen molar-refractivity contribution in [3.8, 4) is 0 Å². The average Bonchev–Trinajstić information content (AvgIpc) is 2.49. The van der Waals surface area contributed by atoms with Crippen LogP contribution in [0.2, 0.25) is 5.02 Å². The van der Waals surface area contributed by atoms with Crippen LogP contribution in [0.3, 0.4) is 0 Å². The fourth-order valence-corrected chi connectivity index (χ4v) is 2.32. The SMILES string of the molecule is CC(OC(=O)c1cc(Br)ccc1Cl)C(=O)c1ccccc1. The van der Waals surface area contributed by atoms with Gasteiger partial charge in [0.05, 0.1) is 10.6 Å². The standard InChI is InChI=1S/C16H12BrClO3/c1-10(15(19)11-5-3-2-4-6-11)21-16(20)13-9-12(17)7-8-14(13)18/h2-10H,1H3. The Balaban J connectivity index is 2.12. The first-order valence-electron chi connectivity index (χ1n) is 6.24. The zero-order chi connectivity index (χ0) is 15.4. The molecular formula is C16H12BrClO3. The third-order valence-electron chi connectivity index (χ3n) is 2.86. The van der Waals surface area contributed by atoms with Gasteiger partial charge in [0.2, 0.25) is 5.78 Å². The highest BCUT2D eigenvalue weighted by Gasteiger charge is 2.21. The first-order valence-corrected chi connectivity index (χ1v) is 7.41. The maximum absolute atomic E-state index is 12.1. The van der Waals surface area contributed by atoms with Gasteiger partial charge in [-0.2, -0.15) is 0 Å². The van der Waals surface area contributed by atoms with Crippen molar-refractivity contribution in [2.24, 2.45) is 0 Å². The predicted molar refractivity (Wildman–Crippen MR) is 84.8 cm³/mol. The summed E-state index contributed by atoms with van der Waals surface area (Å²) in [4.78, 5) is 24.2. The molecule has 0 bridgehead atoms. The van der Waals surface area contributed by atoms with Crippen LogP contribution in [0, 0.1) is 0 Å². The summed E-state index contributed by atoms with van der Waals surface area (Å²) in [7, 11) is 0. The van der Waals surface area contributed by atoms with Crippen molar-refractivity contribution < 1.29 is 14.3 Å². The summed E-state index contributed by atoms with van der Waals surface area (Å²) in [5, 5.41) is 0.280. The minimum Gasteiger partial charge on any atom is -0.451 e. The number of ketones is 1. The Bertz CT molecular complexity index is 670. The molecule has 0 amide bonds.